The maximum absolute atomic E-state index is 11.9. The summed E-state index contributed by atoms with van der Waals surface area (Å²) in [7, 11) is 1.62. The van der Waals surface area contributed by atoms with E-state index in [1.54, 1.807) is 18.4 Å². The average Bonchev–Trinajstić information content (AvgIpc) is 3.02. The van der Waals surface area contributed by atoms with Crippen molar-refractivity contribution >= 4 is 23.0 Å². The Hall–Kier alpha value is -2.14. The zero-order valence-corrected chi connectivity index (χ0v) is 13.9. The second-order valence-electron chi connectivity index (χ2n) is 4.88. The van der Waals surface area contributed by atoms with Gasteiger partial charge in [-0.15, -0.1) is 11.3 Å². The fourth-order valence-electron chi connectivity index (χ4n) is 1.93. The fourth-order valence-corrected chi connectivity index (χ4v) is 2.82. The van der Waals surface area contributed by atoms with Gasteiger partial charge in [0.25, 0.3) is 0 Å². The molecule has 0 radical (unpaired) electrons. The molecular formula is C17H20N2O2S. The molecule has 2 aromatic rings. The lowest BCUT2D eigenvalue weighted by Gasteiger charge is -2.03. The number of rotatable bonds is 6. The number of amides is 1. The number of methoxy groups -OCH3 is 1. The molecule has 2 rings (SSSR count). The molecule has 1 amide bonds. The summed E-state index contributed by atoms with van der Waals surface area (Å²) in [5, 5.41) is 4.17. The Balaban J connectivity index is 1.91. The van der Waals surface area contributed by atoms with Crippen molar-refractivity contribution in [1.82, 2.24) is 5.43 Å². The van der Waals surface area contributed by atoms with Crippen LogP contribution in [0.2, 0.25) is 0 Å². The number of carbonyl (C=O) groups is 1. The first-order valence-electron chi connectivity index (χ1n) is 7.17. The highest BCUT2D eigenvalue weighted by Gasteiger charge is 2.05. The van der Waals surface area contributed by atoms with Crippen molar-refractivity contribution in [3.05, 3.63) is 51.7 Å². The molecule has 0 fully saturated rings. The summed E-state index contributed by atoms with van der Waals surface area (Å²) in [4.78, 5) is 14.3. The van der Waals surface area contributed by atoms with Crippen LogP contribution in [0.1, 0.15) is 29.2 Å². The lowest BCUT2D eigenvalue weighted by atomic mass is 10.1. The van der Waals surface area contributed by atoms with Gasteiger partial charge in [0.05, 0.1) is 24.1 Å². The van der Waals surface area contributed by atoms with E-state index in [0.717, 1.165) is 28.3 Å². The second kappa shape index (κ2) is 7.75. The predicted octanol–water partition coefficient (Wildman–Crippen LogP) is 3.40. The van der Waals surface area contributed by atoms with E-state index in [-0.39, 0.29) is 5.91 Å². The highest BCUT2D eigenvalue weighted by Crippen LogP contribution is 2.17. The Bertz CT molecular complexity index is 660. The molecule has 0 atom stereocenters. The molecule has 1 heterocycles. The van der Waals surface area contributed by atoms with Crippen molar-refractivity contribution in [2.45, 2.75) is 26.7 Å². The second-order valence-corrected chi connectivity index (χ2v) is 6.04. The normalized spacial score (nSPS) is 11.3. The molecule has 0 unspecified atom stereocenters. The molecule has 1 aromatic heterocycles. The van der Waals surface area contributed by atoms with Gasteiger partial charge in [-0.1, -0.05) is 19.1 Å². The molecular weight excluding hydrogens is 296 g/mol. The predicted molar refractivity (Wildman–Crippen MR) is 90.7 cm³/mol. The number of nitrogens with zero attached hydrogens (tertiary/aromatic N) is 1. The number of benzene rings is 1. The highest BCUT2D eigenvalue weighted by atomic mass is 32.1. The van der Waals surface area contributed by atoms with Crippen molar-refractivity contribution in [2.24, 2.45) is 5.10 Å². The Morgan fingerprint density at radius 2 is 1.95 bits per heavy atom. The summed E-state index contributed by atoms with van der Waals surface area (Å²) < 4.78 is 5.09. The van der Waals surface area contributed by atoms with Crippen LogP contribution in [-0.2, 0) is 17.6 Å². The molecule has 4 nitrogen and oxygen atoms in total. The lowest BCUT2D eigenvalue weighted by molar-refractivity contribution is -0.120. The van der Waals surface area contributed by atoms with Gasteiger partial charge in [-0.25, -0.2) is 5.43 Å². The first-order valence-corrected chi connectivity index (χ1v) is 7.99. The number of carbonyl (C=O) groups excluding carboxylic acids is 1. The zero-order chi connectivity index (χ0) is 15.9. The van der Waals surface area contributed by atoms with Gasteiger partial charge in [0.2, 0.25) is 5.91 Å². The van der Waals surface area contributed by atoms with Crippen molar-refractivity contribution in [3.63, 3.8) is 0 Å². The summed E-state index contributed by atoms with van der Waals surface area (Å²) in [5.41, 5.74) is 4.36. The number of hydrazone groups is 1. The largest absolute Gasteiger partial charge is 0.497 e. The molecule has 5 heteroatoms. The minimum atomic E-state index is -0.128. The van der Waals surface area contributed by atoms with E-state index in [9.17, 15) is 4.79 Å². The van der Waals surface area contributed by atoms with E-state index in [1.165, 1.54) is 4.88 Å². The number of nitrogens with one attached hydrogen (secondary N) is 1. The minimum absolute atomic E-state index is 0.128. The van der Waals surface area contributed by atoms with Gasteiger partial charge in [-0.3, -0.25) is 4.79 Å². The zero-order valence-electron chi connectivity index (χ0n) is 13.1. The summed E-state index contributed by atoms with van der Waals surface area (Å²) in [6, 6.07) is 11.6. The standard InChI is InChI=1S/C17H20N2O2S/c1-4-15-9-10-16(22-15)12(2)18-19-17(20)11-13-5-7-14(21-3)8-6-13/h5-10H,4,11H2,1-3H3,(H,19,20). The molecule has 116 valence electrons. The van der Waals surface area contributed by atoms with Gasteiger partial charge < -0.3 is 4.74 Å². The molecule has 0 aliphatic carbocycles. The van der Waals surface area contributed by atoms with E-state index in [2.05, 4.69) is 23.5 Å². The van der Waals surface area contributed by atoms with Crippen LogP contribution in [-0.4, -0.2) is 18.7 Å². The molecule has 1 aromatic carbocycles. The molecule has 0 bridgehead atoms. The Morgan fingerprint density at radius 3 is 2.55 bits per heavy atom. The Kier molecular flexibility index (Phi) is 5.72. The molecule has 1 N–H and O–H groups in total. The van der Waals surface area contributed by atoms with Gasteiger partial charge in [-0.05, 0) is 43.2 Å². The molecule has 0 aliphatic heterocycles. The summed E-state index contributed by atoms with van der Waals surface area (Å²) in [6.45, 7) is 4.03. The minimum Gasteiger partial charge on any atom is -0.497 e. The van der Waals surface area contributed by atoms with E-state index >= 15 is 0 Å². The van der Waals surface area contributed by atoms with Gasteiger partial charge in [-0.2, -0.15) is 5.10 Å². The number of ether oxygens (including phenoxy) is 1. The van der Waals surface area contributed by atoms with E-state index < -0.39 is 0 Å². The third-order valence-electron chi connectivity index (χ3n) is 3.24. The molecule has 0 spiro atoms. The summed E-state index contributed by atoms with van der Waals surface area (Å²) >= 11 is 1.70. The molecule has 0 saturated heterocycles. The summed E-state index contributed by atoms with van der Waals surface area (Å²) in [5.74, 6) is 0.652. The topological polar surface area (TPSA) is 50.7 Å². The van der Waals surface area contributed by atoms with Gasteiger partial charge in [0.1, 0.15) is 5.75 Å². The third-order valence-corrected chi connectivity index (χ3v) is 4.58. The number of hydrogen-bond acceptors (Lipinski definition) is 4. The Morgan fingerprint density at radius 1 is 1.23 bits per heavy atom. The number of hydrogen-bond donors (Lipinski definition) is 1. The maximum atomic E-state index is 11.9. The van der Waals surface area contributed by atoms with Crippen LogP contribution in [0.3, 0.4) is 0 Å². The summed E-state index contributed by atoms with van der Waals surface area (Å²) in [6.07, 6.45) is 1.31. The number of thiophene rings is 1. The van der Waals surface area contributed by atoms with Crippen molar-refractivity contribution in [1.29, 1.82) is 0 Å². The van der Waals surface area contributed by atoms with Crippen LogP contribution in [0.4, 0.5) is 0 Å². The first-order chi connectivity index (χ1) is 10.6. The monoisotopic (exact) mass is 316 g/mol. The first kappa shape index (κ1) is 16.2. The number of aryl methyl sites for hydroxylation is 1. The van der Waals surface area contributed by atoms with Crippen molar-refractivity contribution in [2.75, 3.05) is 7.11 Å². The van der Waals surface area contributed by atoms with Gasteiger partial charge >= 0.3 is 0 Å². The van der Waals surface area contributed by atoms with E-state index in [1.807, 2.05) is 37.3 Å². The van der Waals surface area contributed by atoms with E-state index in [4.69, 9.17) is 4.74 Å². The lowest BCUT2D eigenvalue weighted by Crippen LogP contribution is -2.21. The Labute approximate surface area is 134 Å². The van der Waals surface area contributed by atoms with Crippen LogP contribution < -0.4 is 10.2 Å². The smallest absolute Gasteiger partial charge is 0.244 e. The fraction of sp³-hybridized carbons (Fsp3) is 0.294. The van der Waals surface area contributed by atoms with Crippen LogP contribution in [0.25, 0.3) is 0 Å². The molecule has 0 aliphatic rings. The highest BCUT2D eigenvalue weighted by molar-refractivity contribution is 7.14. The van der Waals surface area contributed by atoms with Crippen LogP contribution in [0.5, 0.6) is 5.75 Å². The quantitative estimate of drug-likeness (QED) is 0.656. The van der Waals surface area contributed by atoms with Gasteiger partial charge in [0.15, 0.2) is 0 Å². The molecule has 0 saturated carbocycles. The van der Waals surface area contributed by atoms with Crippen LogP contribution in [0.15, 0.2) is 41.5 Å². The maximum Gasteiger partial charge on any atom is 0.244 e. The van der Waals surface area contributed by atoms with Gasteiger partial charge in [0, 0.05) is 4.88 Å². The SMILES string of the molecule is CCc1ccc(C(C)=NNC(=O)Cc2ccc(OC)cc2)s1. The van der Waals surface area contributed by atoms with Crippen LogP contribution in [0, 0.1) is 0 Å². The van der Waals surface area contributed by atoms with Crippen molar-refractivity contribution in [3.8, 4) is 5.75 Å². The third kappa shape index (κ3) is 4.43. The average molecular weight is 316 g/mol. The van der Waals surface area contributed by atoms with Crippen LogP contribution >= 0.6 is 11.3 Å². The van der Waals surface area contributed by atoms with E-state index in [0.29, 0.717) is 6.42 Å². The molecule has 22 heavy (non-hydrogen) atoms. The van der Waals surface area contributed by atoms with Crippen molar-refractivity contribution < 1.29 is 9.53 Å².